The minimum absolute atomic E-state index is 0.237. The van der Waals surface area contributed by atoms with Gasteiger partial charge in [0.25, 0.3) is 5.91 Å². The summed E-state index contributed by atoms with van der Waals surface area (Å²) in [6.45, 7) is 0. The number of halogens is 1. The molecule has 0 saturated carbocycles. The fourth-order valence-electron chi connectivity index (χ4n) is 1.28. The molecule has 4 heteroatoms. The highest BCUT2D eigenvalue weighted by Crippen LogP contribution is 2.16. The topological polar surface area (TPSA) is 42.0 Å². The van der Waals surface area contributed by atoms with E-state index < -0.39 is 0 Å². The Hall–Kier alpha value is -1.87. The molecule has 80 valence electrons. The van der Waals surface area contributed by atoms with Gasteiger partial charge in [-0.3, -0.25) is 9.78 Å². The Labute approximate surface area is 98.1 Å². The molecule has 16 heavy (non-hydrogen) atoms. The average Bonchev–Trinajstić information content (AvgIpc) is 2.31. The van der Waals surface area contributed by atoms with Gasteiger partial charge >= 0.3 is 0 Å². The number of carbonyl (C=O) groups is 1. The molecule has 0 radical (unpaired) electrons. The zero-order valence-electron chi connectivity index (χ0n) is 8.35. The number of nitrogens with zero attached hydrogens (tertiary/aromatic N) is 1. The van der Waals surface area contributed by atoms with E-state index in [0.717, 1.165) is 0 Å². The molecule has 0 bridgehead atoms. The molecule has 0 atom stereocenters. The number of pyridine rings is 1. The highest BCUT2D eigenvalue weighted by molar-refractivity contribution is 6.34. The van der Waals surface area contributed by atoms with Gasteiger partial charge in [0.2, 0.25) is 0 Å². The minimum Gasteiger partial charge on any atom is -0.321 e. The van der Waals surface area contributed by atoms with Crippen LogP contribution in [0.25, 0.3) is 0 Å². The molecule has 0 unspecified atom stereocenters. The van der Waals surface area contributed by atoms with Crippen LogP contribution in [0.3, 0.4) is 0 Å². The summed E-state index contributed by atoms with van der Waals surface area (Å²) in [5.74, 6) is -0.237. The summed E-state index contributed by atoms with van der Waals surface area (Å²) in [7, 11) is 0. The van der Waals surface area contributed by atoms with Crippen molar-refractivity contribution in [3.63, 3.8) is 0 Å². The minimum atomic E-state index is -0.237. The Morgan fingerprint density at radius 2 is 2.00 bits per heavy atom. The molecular formula is C12H9ClN2O. The van der Waals surface area contributed by atoms with Crippen LogP contribution in [0.2, 0.25) is 5.02 Å². The van der Waals surface area contributed by atoms with Gasteiger partial charge in [-0.05, 0) is 24.3 Å². The van der Waals surface area contributed by atoms with Crippen LogP contribution in [0.1, 0.15) is 10.4 Å². The number of benzene rings is 1. The smallest absolute Gasteiger partial charge is 0.257 e. The summed E-state index contributed by atoms with van der Waals surface area (Å²) in [5, 5.41) is 3.15. The van der Waals surface area contributed by atoms with Gasteiger partial charge in [0.05, 0.1) is 22.5 Å². The van der Waals surface area contributed by atoms with Gasteiger partial charge < -0.3 is 5.32 Å². The quantitative estimate of drug-likeness (QED) is 0.865. The van der Waals surface area contributed by atoms with Gasteiger partial charge in [-0.2, -0.15) is 0 Å². The van der Waals surface area contributed by atoms with Gasteiger partial charge in [-0.1, -0.05) is 23.7 Å². The van der Waals surface area contributed by atoms with Crippen molar-refractivity contribution in [2.45, 2.75) is 0 Å². The summed E-state index contributed by atoms with van der Waals surface area (Å²) in [6, 6.07) is 10.4. The van der Waals surface area contributed by atoms with Crippen LogP contribution < -0.4 is 5.32 Å². The van der Waals surface area contributed by atoms with E-state index in [1.165, 1.54) is 0 Å². The van der Waals surface area contributed by atoms with Crippen LogP contribution in [0.5, 0.6) is 0 Å². The maximum Gasteiger partial charge on any atom is 0.257 e. The zero-order chi connectivity index (χ0) is 11.4. The first-order valence-corrected chi connectivity index (χ1v) is 5.11. The van der Waals surface area contributed by atoms with Crippen LogP contribution in [-0.4, -0.2) is 10.9 Å². The van der Waals surface area contributed by atoms with Crippen molar-refractivity contribution < 1.29 is 4.79 Å². The van der Waals surface area contributed by atoms with Gasteiger partial charge in [0.15, 0.2) is 0 Å². The Balaban J connectivity index is 2.19. The summed E-state index contributed by atoms with van der Waals surface area (Å²) >= 11 is 5.91. The highest BCUT2D eigenvalue weighted by Gasteiger charge is 2.09. The Morgan fingerprint density at radius 1 is 1.19 bits per heavy atom. The Morgan fingerprint density at radius 3 is 2.69 bits per heavy atom. The predicted octanol–water partition coefficient (Wildman–Crippen LogP) is 2.99. The largest absolute Gasteiger partial charge is 0.321 e. The molecule has 1 aromatic carbocycles. The molecule has 2 rings (SSSR count). The molecule has 0 aliphatic heterocycles. The summed E-state index contributed by atoms with van der Waals surface area (Å²) < 4.78 is 0. The Bertz CT molecular complexity index is 499. The Kier molecular flexibility index (Phi) is 3.17. The fraction of sp³-hybridized carbons (Fsp3) is 0. The van der Waals surface area contributed by atoms with Gasteiger partial charge in [0.1, 0.15) is 0 Å². The first kappa shape index (κ1) is 10.6. The molecular weight excluding hydrogens is 224 g/mol. The van der Waals surface area contributed by atoms with Crippen LogP contribution in [0.15, 0.2) is 48.8 Å². The lowest BCUT2D eigenvalue weighted by Gasteiger charge is -2.05. The molecule has 0 aliphatic carbocycles. The van der Waals surface area contributed by atoms with E-state index in [1.807, 2.05) is 0 Å². The van der Waals surface area contributed by atoms with Gasteiger partial charge in [-0.15, -0.1) is 0 Å². The number of anilines is 1. The number of nitrogens with one attached hydrogen (secondary N) is 1. The van der Waals surface area contributed by atoms with Crippen molar-refractivity contribution in [2.24, 2.45) is 0 Å². The van der Waals surface area contributed by atoms with Gasteiger partial charge in [-0.25, -0.2) is 0 Å². The first-order valence-electron chi connectivity index (χ1n) is 4.73. The van der Waals surface area contributed by atoms with E-state index >= 15 is 0 Å². The number of rotatable bonds is 2. The van der Waals surface area contributed by atoms with Crippen molar-refractivity contribution in [3.05, 3.63) is 59.4 Å². The van der Waals surface area contributed by atoms with Crippen LogP contribution >= 0.6 is 11.6 Å². The number of amides is 1. The second kappa shape index (κ2) is 4.77. The lowest BCUT2D eigenvalue weighted by Crippen LogP contribution is -2.12. The second-order valence-electron chi connectivity index (χ2n) is 3.18. The number of carbonyl (C=O) groups excluding carboxylic acids is 1. The third kappa shape index (κ3) is 2.38. The van der Waals surface area contributed by atoms with Crippen molar-refractivity contribution in [1.82, 2.24) is 4.98 Å². The molecule has 0 fully saturated rings. The standard InChI is InChI=1S/C12H9ClN2O/c13-11-6-2-1-5-10(11)12(16)15-9-4-3-7-14-8-9/h1-8H,(H,15,16). The normalized spacial score (nSPS) is 9.81. The zero-order valence-corrected chi connectivity index (χ0v) is 9.11. The number of aromatic nitrogens is 1. The molecule has 1 N–H and O–H groups in total. The van der Waals surface area contributed by atoms with E-state index in [0.29, 0.717) is 16.3 Å². The SMILES string of the molecule is O=C(Nc1cccnc1)c1ccccc1Cl. The molecule has 1 amide bonds. The number of hydrogen-bond acceptors (Lipinski definition) is 2. The summed E-state index contributed by atoms with van der Waals surface area (Å²) in [4.78, 5) is 15.7. The average molecular weight is 233 g/mol. The fourth-order valence-corrected chi connectivity index (χ4v) is 1.50. The van der Waals surface area contributed by atoms with Crippen LogP contribution in [0, 0.1) is 0 Å². The van der Waals surface area contributed by atoms with E-state index in [9.17, 15) is 4.79 Å². The van der Waals surface area contributed by atoms with Crippen molar-refractivity contribution in [1.29, 1.82) is 0 Å². The van der Waals surface area contributed by atoms with Crippen molar-refractivity contribution >= 4 is 23.2 Å². The first-order chi connectivity index (χ1) is 7.77. The van der Waals surface area contributed by atoms with Crippen molar-refractivity contribution in [2.75, 3.05) is 5.32 Å². The van der Waals surface area contributed by atoms with Gasteiger partial charge in [0, 0.05) is 6.20 Å². The molecule has 0 spiro atoms. The van der Waals surface area contributed by atoms with E-state index in [2.05, 4.69) is 10.3 Å². The van der Waals surface area contributed by atoms with Crippen LogP contribution in [0.4, 0.5) is 5.69 Å². The molecule has 3 nitrogen and oxygen atoms in total. The number of hydrogen-bond donors (Lipinski definition) is 1. The monoisotopic (exact) mass is 232 g/mol. The molecule has 1 aromatic heterocycles. The predicted molar refractivity (Wildman–Crippen MR) is 63.6 cm³/mol. The maximum atomic E-state index is 11.8. The molecule has 1 heterocycles. The van der Waals surface area contributed by atoms with Crippen molar-refractivity contribution in [3.8, 4) is 0 Å². The third-order valence-electron chi connectivity index (χ3n) is 2.04. The molecule has 0 aliphatic rings. The second-order valence-corrected chi connectivity index (χ2v) is 3.58. The lowest BCUT2D eigenvalue weighted by molar-refractivity contribution is 0.102. The molecule has 0 saturated heterocycles. The summed E-state index contributed by atoms with van der Waals surface area (Å²) in [6.07, 6.45) is 3.22. The molecule has 2 aromatic rings. The van der Waals surface area contributed by atoms with E-state index in [4.69, 9.17) is 11.6 Å². The van der Waals surface area contributed by atoms with E-state index in [1.54, 1.807) is 48.8 Å². The summed E-state index contributed by atoms with van der Waals surface area (Å²) in [5.41, 5.74) is 1.10. The maximum absolute atomic E-state index is 11.8. The third-order valence-corrected chi connectivity index (χ3v) is 2.37. The van der Waals surface area contributed by atoms with Crippen LogP contribution in [-0.2, 0) is 0 Å². The van der Waals surface area contributed by atoms with E-state index in [-0.39, 0.29) is 5.91 Å². The highest BCUT2D eigenvalue weighted by atomic mass is 35.5. The lowest BCUT2D eigenvalue weighted by atomic mass is 10.2.